The Kier molecular flexibility index (Phi) is 6.06. The summed E-state index contributed by atoms with van der Waals surface area (Å²) >= 11 is 17.7. The Morgan fingerprint density at radius 3 is 2.28 bits per heavy atom. The van der Waals surface area contributed by atoms with Crippen LogP contribution >= 0.6 is 34.8 Å². The van der Waals surface area contributed by atoms with Gasteiger partial charge in [0.05, 0.1) is 15.7 Å². The Hall–Kier alpha value is -0.640. The van der Waals surface area contributed by atoms with Gasteiger partial charge in [0.2, 0.25) is 5.91 Å². The van der Waals surface area contributed by atoms with Crippen molar-refractivity contribution in [3.63, 3.8) is 0 Å². The molecule has 1 amide bonds. The first-order valence-corrected chi connectivity index (χ1v) is 6.73. The van der Waals surface area contributed by atoms with Crippen LogP contribution in [0.3, 0.4) is 0 Å². The lowest BCUT2D eigenvalue weighted by atomic mass is 10.1. The van der Waals surface area contributed by atoms with Gasteiger partial charge < -0.3 is 0 Å². The molecular formula is C12H15Cl3N2O. The molecule has 0 heterocycles. The predicted octanol–water partition coefficient (Wildman–Crippen LogP) is 4.53. The number of hydrogen-bond acceptors (Lipinski definition) is 2. The van der Waals surface area contributed by atoms with E-state index in [4.69, 9.17) is 34.8 Å². The van der Waals surface area contributed by atoms with Crippen LogP contribution in [-0.4, -0.2) is 5.91 Å². The second-order valence-electron chi connectivity index (χ2n) is 4.35. The fourth-order valence-electron chi connectivity index (χ4n) is 1.28. The topological polar surface area (TPSA) is 41.1 Å². The number of rotatable bonds is 5. The molecule has 6 heteroatoms. The monoisotopic (exact) mass is 308 g/mol. The molecule has 0 aliphatic carbocycles. The number of benzene rings is 1. The van der Waals surface area contributed by atoms with Gasteiger partial charge in [0.25, 0.3) is 0 Å². The van der Waals surface area contributed by atoms with E-state index < -0.39 is 0 Å². The van der Waals surface area contributed by atoms with E-state index in [1.807, 2.05) is 0 Å². The van der Waals surface area contributed by atoms with Crippen LogP contribution in [0, 0.1) is 5.92 Å². The van der Waals surface area contributed by atoms with Crippen LogP contribution in [-0.2, 0) is 4.79 Å². The van der Waals surface area contributed by atoms with Gasteiger partial charge in [-0.3, -0.25) is 15.6 Å². The molecule has 1 rings (SSSR count). The molecule has 3 nitrogen and oxygen atoms in total. The van der Waals surface area contributed by atoms with Gasteiger partial charge in [0, 0.05) is 11.4 Å². The summed E-state index contributed by atoms with van der Waals surface area (Å²) in [6.45, 7) is 4.13. The third kappa shape index (κ3) is 4.92. The number of amides is 1. The van der Waals surface area contributed by atoms with E-state index >= 15 is 0 Å². The Morgan fingerprint density at radius 2 is 1.78 bits per heavy atom. The van der Waals surface area contributed by atoms with E-state index in [2.05, 4.69) is 24.7 Å². The number of halogens is 3. The van der Waals surface area contributed by atoms with Crippen LogP contribution in [0.4, 0.5) is 5.69 Å². The fourth-order valence-corrected chi connectivity index (χ4v) is 2.19. The lowest BCUT2D eigenvalue weighted by Gasteiger charge is -2.12. The van der Waals surface area contributed by atoms with Crippen LogP contribution in [0.15, 0.2) is 12.1 Å². The lowest BCUT2D eigenvalue weighted by Crippen LogP contribution is -2.29. The van der Waals surface area contributed by atoms with Crippen molar-refractivity contribution in [1.29, 1.82) is 0 Å². The summed E-state index contributed by atoms with van der Waals surface area (Å²) in [5.74, 6) is 0.379. The van der Waals surface area contributed by atoms with Gasteiger partial charge in [-0.1, -0.05) is 48.7 Å². The van der Waals surface area contributed by atoms with Crippen LogP contribution in [0.1, 0.15) is 26.7 Å². The Bertz CT molecular complexity index is 412. The molecule has 100 valence electrons. The maximum Gasteiger partial charge on any atom is 0.238 e. The molecule has 1 aromatic carbocycles. The summed E-state index contributed by atoms with van der Waals surface area (Å²) in [7, 11) is 0. The molecular weight excluding hydrogens is 295 g/mol. The average molecular weight is 310 g/mol. The molecule has 0 spiro atoms. The zero-order valence-corrected chi connectivity index (χ0v) is 12.5. The second-order valence-corrected chi connectivity index (χ2v) is 5.60. The second kappa shape index (κ2) is 7.07. The van der Waals surface area contributed by atoms with Crippen LogP contribution in [0.2, 0.25) is 15.1 Å². The summed E-state index contributed by atoms with van der Waals surface area (Å²) in [6.07, 6.45) is 1.28. The number of carbonyl (C=O) groups is 1. The molecule has 0 aliphatic heterocycles. The normalized spacial score (nSPS) is 10.6. The van der Waals surface area contributed by atoms with Crippen molar-refractivity contribution in [2.75, 3.05) is 5.43 Å². The summed E-state index contributed by atoms with van der Waals surface area (Å²) in [5, 5.41) is 1.16. The van der Waals surface area contributed by atoms with Gasteiger partial charge in [-0.25, -0.2) is 0 Å². The molecule has 0 atom stereocenters. The van der Waals surface area contributed by atoms with Crippen molar-refractivity contribution in [2.24, 2.45) is 5.92 Å². The first-order chi connectivity index (χ1) is 8.40. The average Bonchev–Trinajstić information content (AvgIpc) is 2.24. The minimum absolute atomic E-state index is 0.106. The number of carbonyl (C=O) groups excluding carboxylic acids is 1. The minimum Gasteiger partial charge on any atom is -0.296 e. The maximum atomic E-state index is 11.5. The summed E-state index contributed by atoms with van der Waals surface area (Å²) in [4.78, 5) is 11.5. The Morgan fingerprint density at radius 1 is 1.22 bits per heavy atom. The maximum absolute atomic E-state index is 11.5. The van der Waals surface area contributed by atoms with E-state index in [9.17, 15) is 4.79 Å². The van der Waals surface area contributed by atoms with E-state index in [-0.39, 0.29) is 5.91 Å². The lowest BCUT2D eigenvalue weighted by molar-refractivity contribution is -0.120. The molecule has 0 unspecified atom stereocenters. The molecule has 0 fully saturated rings. The van der Waals surface area contributed by atoms with Gasteiger partial charge >= 0.3 is 0 Å². The summed E-state index contributed by atoms with van der Waals surface area (Å²) < 4.78 is 0. The van der Waals surface area contributed by atoms with Gasteiger partial charge in [0.1, 0.15) is 0 Å². The number of nitrogens with one attached hydrogen (secondary N) is 2. The van der Waals surface area contributed by atoms with Gasteiger partial charge in [0.15, 0.2) is 0 Å². The molecule has 1 aromatic rings. The smallest absolute Gasteiger partial charge is 0.238 e. The van der Waals surface area contributed by atoms with Crippen molar-refractivity contribution in [3.8, 4) is 0 Å². The van der Waals surface area contributed by atoms with Crippen LogP contribution in [0.5, 0.6) is 0 Å². The molecule has 0 radical (unpaired) electrons. The van der Waals surface area contributed by atoms with E-state index in [1.165, 1.54) is 0 Å². The SMILES string of the molecule is CC(C)CCC(=O)NNc1c(Cl)cc(Cl)cc1Cl. The molecule has 0 saturated heterocycles. The predicted molar refractivity (Wildman–Crippen MR) is 77.3 cm³/mol. The molecule has 0 aromatic heterocycles. The highest BCUT2D eigenvalue weighted by atomic mass is 35.5. The van der Waals surface area contributed by atoms with Crippen LogP contribution < -0.4 is 10.9 Å². The van der Waals surface area contributed by atoms with Crippen molar-refractivity contribution in [1.82, 2.24) is 5.43 Å². The Labute approximate surface area is 122 Å². The van der Waals surface area contributed by atoms with Gasteiger partial charge in [-0.15, -0.1) is 0 Å². The number of anilines is 1. The highest BCUT2D eigenvalue weighted by Gasteiger charge is 2.09. The molecule has 0 bridgehead atoms. The van der Waals surface area contributed by atoms with Gasteiger partial charge in [-0.2, -0.15) is 0 Å². The standard InChI is InChI=1S/C12H15Cl3N2O/c1-7(2)3-4-11(18)16-17-12-9(14)5-8(13)6-10(12)15/h5-7,17H,3-4H2,1-2H3,(H,16,18). The Balaban J connectivity index is 2.56. The quantitative estimate of drug-likeness (QED) is 0.785. The van der Waals surface area contributed by atoms with E-state index in [1.54, 1.807) is 12.1 Å². The third-order valence-electron chi connectivity index (χ3n) is 2.28. The van der Waals surface area contributed by atoms with E-state index in [0.29, 0.717) is 33.1 Å². The van der Waals surface area contributed by atoms with Gasteiger partial charge in [-0.05, 0) is 24.5 Å². The van der Waals surface area contributed by atoms with Crippen molar-refractivity contribution in [2.45, 2.75) is 26.7 Å². The van der Waals surface area contributed by atoms with Crippen LogP contribution in [0.25, 0.3) is 0 Å². The fraction of sp³-hybridized carbons (Fsp3) is 0.417. The first kappa shape index (κ1) is 15.4. The van der Waals surface area contributed by atoms with Crippen molar-refractivity contribution >= 4 is 46.4 Å². The third-order valence-corrected chi connectivity index (χ3v) is 3.10. The zero-order chi connectivity index (χ0) is 13.7. The largest absolute Gasteiger partial charge is 0.296 e. The summed E-state index contributed by atoms with van der Waals surface area (Å²) in [6, 6.07) is 3.11. The number of hydrogen-bond donors (Lipinski definition) is 2. The highest BCUT2D eigenvalue weighted by molar-refractivity contribution is 6.41. The minimum atomic E-state index is -0.106. The molecule has 0 aliphatic rings. The van der Waals surface area contributed by atoms with Crippen molar-refractivity contribution in [3.05, 3.63) is 27.2 Å². The molecule has 18 heavy (non-hydrogen) atoms. The number of hydrazine groups is 1. The van der Waals surface area contributed by atoms with E-state index in [0.717, 1.165) is 6.42 Å². The summed E-state index contributed by atoms with van der Waals surface area (Å²) in [5.41, 5.74) is 5.71. The highest BCUT2D eigenvalue weighted by Crippen LogP contribution is 2.33. The zero-order valence-electron chi connectivity index (χ0n) is 10.2. The first-order valence-electron chi connectivity index (χ1n) is 5.59. The molecule has 0 saturated carbocycles. The molecule has 2 N–H and O–H groups in total. The van der Waals surface area contributed by atoms with Crippen molar-refractivity contribution < 1.29 is 4.79 Å².